The Hall–Kier alpha value is -3.22. The second-order valence-corrected chi connectivity index (χ2v) is 6.37. The van der Waals surface area contributed by atoms with E-state index in [1.165, 1.54) is 4.90 Å². The minimum absolute atomic E-state index is 0.281. The lowest BCUT2D eigenvalue weighted by Gasteiger charge is -2.22. The Morgan fingerprint density at radius 1 is 1.11 bits per heavy atom. The minimum atomic E-state index is -0.686. The van der Waals surface area contributed by atoms with E-state index in [0.29, 0.717) is 25.3 Å². The number of para-hydroxylation sites is 1. The van der Waals surface area contributed by atoms with E-state index < -0.39 is 11.9 Å². The summed E-state index contributed by atoms with van der Waals surface area (Å²) in [4.78, 5) is 25.8. The molecule has 0 bridgehead atoms. The number of nitrogens with one attached hydrogen (secondary N) is 1. The number of urea groups is 1. The van der Waals surface area contributed by atoms with Crippen LogP contribution in [0.1, 0.15) is 12.0 Å². The van der Waals surface area contributed by atoms with Gasteiger partial charge in [0.25, 0.3) is 0 Å². The van der Waals surface area contributed by atoms with Gasteiger partial charge in [0, 0.05) is 13.0 Å². The molecule has 3 amide bonds. The number of likely N-dealkylation sites (tertiary alicyclic amines) is 1. The zero-order valence-electron chi connectivity index (χ0n) is 15.1. The van der Waals surface area contributed by atoms with Crippen LogP contribution in [0.25, 0.3) is 0 Å². The third kappa shape index (κ3) is 4.69. The number of nitrogens with zero attached hydrogens (tertiary/aromatic N) is 1. The second kappa shape index (κ2) is 8.44. The van der Waals surface area contributed by atoms with Gasteiger partial charge in [0.1, 0.15) is 23.6 Å². The summed E-state index contributed by atoms with van der Waals surface area (Å²) in [6, 6.07) is 15.7. The van der Waals surface area contributed by atoms with Crippen molar-refractivity contribution in [3.8, 4) is 11.5 Å². The highest BCUT2D eigenvalue weighted by Gasteiger charge is 2.39. The molecule has 7 nitrogen and oxygen atoms in total. The van der Waals surface area contributed by atoms with Crippen LogP contribution >= 0.6 is 0 Å². The van der Waals surface area contributed by atoms with Crippen LogP contribution in [0.5, 0.6) is 11.5 Å². The van der Waals surface area contributed by atoms with Crippen molar-refractivity contribution in [2.45, 2.75) is 25.1 Å². The van der Waals surface area contributed by atoms with Gasteiger partial charge >= 0.3 is 6.03 Å². The van der Waals surface area contributed by atoms with Crippen LogP contribution in [-0.2, 0) is 11.3 Å². The summed E-state index contributed by atoms with van der Waals surface area (Å²) in [6.07, 6.45) is 0.0943. The van der Waals surface area contributed by atoms with E-state index in [0.717, 1.165) is 11.3 Å². The molecule has 0 radical (unpaired) electrons. The van der Waals surface area contributed by atoms with Crippen LogP contribution < -0.4 is 20.5 Å². The van der Waals surface area contributed by atoms with Crippen molar-refractivity contribution in [2.75, 3.05) is 13.7 Å². The van der Waals surface area contributed by atoms with E-state index in [2.05, 4.69) is 5.32 Å². The number of rotatable bonds is 6. The first kappa shape index (κ1) is 18.6. The summed E-state index contributed by atoms with van der Waals surface area (Å²) in [7, 11) is 1.60. The standard InChI is InChI=1S/C20H23N3O4/c1-26-15-9-7-14(8-10-15)12-22-20(25)23-13-17(11-18(23)19(21)24)27-16-5-3-2-4-6-16/h2-10,17-18H,11-13H2,1H3,(H2,21,24)(H,22,25)/t17-,18-/m0/s1. The van der Waals surface area contributed by atoms with Gasteiger partial charge in [-0.1, -0.05) is 30.3 Å². The molecule has 0 unspecified atom stereocenters. The van der Waals surface area contributed by atoms with Crippen LogP contribution in [0.3, 0.4) is 0 Å². The van der Waals surface area contributed by atoms with Crippen molar-refractivity contribution in [1.82, 2.24) is 10.2 Å². The molecule has 1 heterocycles. The molecule has 1 aliphatic heterocycles. The first-order chi connectivity index (χ1) is 13.1. The van der Waals surface area contributed by atoms with Gasteiger partial charge in [-0.05, 0) is 29.8 Å². The highest BCUT2D eigenvalue weighted by atomic mass is 16.5. The topological polar surface area (TPSA) is 93.9 Å². The second-order valence-electron chi connectivity index (χ2n) is 6.37. The van der Waals surface area contributed by atoms with E-state index in [-0.39, 0.29) is 12.1 Å². The molecule has 0 aliphatic carbocycles. The molecule has 1 fully saturated rings. The molecular weight excluding hydrogens is 346 g/mol. The fraction of sp³-hybridized carbons (Fsp3) is 0.300. The predicted octanol–water partition coefficient (Wildman–Crippen LogP) is 1.91. The van der Waals surface area contributed by atoms with Crippen molar-refractivity contribution in [2.24, 2.45) is 5.73 Å². The number of primary amides is 1. The average Bonchev–Trinajstić information content (AvgIpc) is 3.11. The smallest absolute Gasteiger partial charge is 0.318 e. The number of hydrogen-bond donors (Lipinski definition) is 2. The maximum Gasteiger partial charge on any atom is 0.318 e. The molecule has 7 heteroatoms. The zero-order chi connectivity index (χ0) is 19.2. The third-order valence-electron chi connectivity index (χ3n) is 4.50. The SMILES string of the molecule is COc1ccc(CNC(=O)N2C[C@@H](Oc3ccccc3)C[C@H]2C(N)=O)cc1. The van der Waals surface area contributed by atoms with Crippen LogP contribution in [0.4, 0.5) is 4.79 Å². The molecule has 3 rings (SSSR count). The van der Waals surface area contributed by atoms with Crippen molar-refractivity contribution in [3.63, 3.8) is 0 Å². The Bertz CT molecular complexity index is 780. The highest BCUT2D eigenvalue weighted by Crippen LogP contribution is 2.23. The van der Waals surface area contributed by atoms with Gasteiger partial charge in [0.2, 0.25) is 5.91 Å². The van der Waals surface area contributed by atoms with E-state index in [4.69, 9.17) is 15.2 Å². The number of amides is 3. The Kier molecular flexibility index (Phi) is 5.80. The molecule has 2 aromatic rings. The first-order valence-corrected chi connectivity index (χ1v) is 8.75. The summed E-state index contributed by atoms with van der Waals surface area (Å²) in [5, 5.41) is 2.83. The maximum absolute atomic E-state index is 12.6. The van der Waals surface area contributed by atoms with Crippen LogP contribution in [-0.4, -0.2) is 42.6 Å². The van der Waals surface area contributed by atoms with Gasteiger partial charge in [0.15, 0.2) is 0 Å². The average molecular weight is 369 g/mol. The number of hydrogen-bond acceptors (Lipinski definition) is 4. The molecule has 27 heavy (non-hydrogen) atoms. The fourth-order valence-corrected chi connectivity index (χ4v) is 3.09. The van der Waals surface area contributed by atoms with Gasteiger partial charge in [-0.25, -0.2) is 4.79 Å². The molecule has 1 aliphatic rings. The van der Waals surface area contributed by atoms with Crippen molar-refractivity contribution < 1.29 is 19.1 Å². The summed E-state index contributed by atoms with van der Waals surface area (Å²) in [5.74, 6) is 0.916. The first-order valence-electron chi connectivity index (χ1n) is 8.75. The Labute approximate surface area is 158 Å². The molecule has 3 N–H and O–H groups in total. The Morgan fingerprint density at radius 3 is 2.44 bits per heavy atom. The molecule has 0 saturated carbocycles. The number of methoxy groups -OCH3 is 1. The lowest BCUT2D eigenvalue weighted by Crippen LogP contribution is -2.48. The third-order valence-corrected chi connectivity index (χ3v) is 4.50. The van der Waals surface area contributed by atoms with Crippen LogP contribution in [0.15, 0.2) is 54.6 Å². The Balaban J connectivity index is 1.60. The van der Waals surface area contributed by atoms with E-state index in [1.54, 1.807) is 7.11 Å². The number of nitrogens with two attached hydrogens (primary N) is 1. The Morgan fingerprint density at radius 2 is 1.81 bits per heavy atom. The van der Waals surface area contributed by atoms with Crippen LogP contribution in [0.2, 0.25) is 0 Å². The van der Waals surface area contributed by atoms with Crippen molar-refractivity contribution >= 4 is 11.9 Å². The van der Waals surface area contributed by atoms with Crippen molar-refractivity contribution in [3.05, 3.63) is 60.2 Å². The molecule has 0 spiro atoms. The lowest BCUT2D eigenvalue weighted by atomic mass is 10.2. The minimum Gasteiger partial charge on any atom is -0.497 e. The van der Waals surface area contributed by atoms with Gasteiger partial charge in [-0.2, -0.15) is 0 Å². The molecular formula is C20H23N3O4. The summed E-state index contributed by atoms with van der Waals surface area (Å²) in [6.45, 7) is 0.645. The molecule has 142 valence electrons. The fourth-order valence-electron chi connectivity index (χ4n) is 3.09. The number of carbonyl (C=O) groups is 2. The molecule has 1 saturated heterocycles. The summed E-state index contributed by atoms with van der Waals surface area (Å²) >= 11 is 0. The van der Waals surface area contributed by atoms with Gasteiger partial charge in [0.05, 0.1) is 13.7 Å². The van der Waals surface area contributed by atoms with Gasteiger partial charge in [-0.15, -0.1) is 0 Å². The molecule has 2 atom stereocenters. The summed E-state index contributed by atoms with van der Waals surface area (Å²) < 4.78 is 11.0. The highest BCUT2D eigenvalue weighted by molar-refractivity contribution is 5.86. The molecule has 0 aromatic heterocycles. The summed E-state index contributed by atoms with van der Waals surface area (Å²) in [5.41, 5.74) is 6.42. The monoisotopic (exact) mass is 369 g/mol. The quantitative estimate of drug-likeness (QED) is 0.813. The van der Waals surface area contributed by atoms with E-state index >= 15 is 0 Å². The zero-order valence-corrected chi connectivity index (χ0v) is 15.1. The normalized spacial score (nSPS) is 18.8. The van der Waals surface area contributed by atoms with Crippen LogP contribution in [0, 0.1) is 0 Å². The number of benzene rings is 2. The van der Waals surface area contributed by atoms with Crippen molar-refractivity contribution in [1.29, 1.82) is 0 Å². The van der Waals surface area contributed by atoms with Gasteiger partial charge < -0.3 is 25.4 Å². The largest absolute Gasteiger partial charge is 0.497 e. The lowest BCUT2D eigenvalue weighted by molar-refractivity contribution is -0.121. The molecule has 2 aromatic carbocycles. The van der Waals surface area contributed by atoms with E-state index in [1.807, 2.05) is 54.6 Å². The number of ether oxygens (including phenoxy) is 2. The predicted molar refractivity (Wildman–Crippen MR) is 100 cm³/mol. The van der Waals surface area contributed by atoms with Gasteiger partial charge in [-0.3, -0.25) is 4.79 Å². The number of carbonyl (C=O) groups excluding carboxylic acids is 2. The maximum atomic E-state index is 12.6. The van der Waals surface area contributed by atoms with E-state index in [9.17, 15) is 9.59 Å².